The maximum Gasteiger partial charge on any atom is 0.214 e. The summed E-state index contributed by atoms with van der Waals surface area (Å²) in [6.07, 6.45) is 2.24. The summed E-state index contributed by atoms with van der Waals surface area (Å²) in [6, 6.07) is 0. The highest BCUT2D eigenvalue weighted by Crippen LogP contribution is 2.24. The van der Waals surface area contributed by atoms with Crippen molar-refractivity contribution < 1.29 is 13.2 Å². The van der Waals surface area contributed by atoms with Crippen molar-refractivity contribution >= 4 is 10.0 Å². The third-order valence-electron chi connectivity index (χ3n) is 2.46. The fourth-order valence-electron chi connectivity index (χ4n) is 1.44. The molecule has 1 aromatic heterocycles. The molecule has 0 saturated heterocycles. The molecule has 0 aliphatic carbocycles. The maximum absolute atomic E-state index is 11.4. The van der Waals surface area contributed by atoms with Crippen LogP contribution in [-0.4, -0.2) is 29.7 Å². The van der Waals surface area contributed by atoms with E-state index in [1.54, 1.807) is 13.1 Å². The molecule has 1 rings (SSSR count). The van der Waals surface area contributed by atoms with Crippen molar-refractivity contribution in [1.29, 1.82) is 0 Å². The fraction of sp³-hybridized carbons (Fsp3) is 0.636. The van der Waals surface area contributed by atoms with Gasteiger partial charge in [-0.15, -0.1) is 0 Å². The van der Waals surface area contributed by atoms with Crippen LogP contribution >= 0.6 is 0 Å². The minimum Gasteiger partial charge on any atom is -0.368 e. The van der Waals surface area contributed by atoms with Crippen LogP contribution in [0.2, 0.25) is 0 Å². The van der Waals surface area contributed by atoms with Gasteiger partial charge in [-0.25, -0.2) is 13.6 Å². The van der Waals surface area contributed by atoms with Gasteiger partial charge in [0.2, 0.25) is 10.0 Å². The van der Waals surface area contributed by atoms with Crippen LogP contribution < -0.4 is 5.14 Å². The second-order valence-corrected chi connectivity index (χ2v) is 6.40. The van der Waals surface area contributed by atoms with Gasteiger partial charge in [-0.2, -0.15) is 0 Å². The Morgan fingerprint density at radius 1 is 1.22 bits per heavy atom. The Balaban J connectivity index is 3.09. The first kappa shape index (κ1) is 15.0. The molecule has 0 spiro atoms. The highest BCUT2D eigenvalue weighted by Gasteiger charge is 2.30. The summed E-state index contributed by atoms with van der Waals surface area (Å²) in [4.78, 5) is 8.25. The molecule has 0 aliphatic rings. The number of aromatic nitrogens is 2. The number of aryl methyl sites for hydroxylation is 1. The van der Waals surface area contributed by atoms with Crippen LogP contribution in [0.5, 0.6) is 0 Å². The van der Waals surface area contributed by atoms with Crippen LogP contribution in [0, 0.1) is 6.92 Å². The lowest BCUT2D eigenvalue weighted by Gasteiger charge is -2.24. The molecule has 18 heavy (non-hydrogen) atoms. The molecule has 0 radical (unpaired) electrons. The zero-order valence-electron chi connectivity index (χ0n) is 11.0. The summed E-state index contributed by atoms with van der Waals surface area (Å²) in [5, 5.41) is 4.29. The molecule has 1 heterocycles. The molecule has 0 amide bonds. The molecule has 1 aromatic rings. The number of rotatable bonds is 5. The van der Waals surface area contributed by atoms with E-state index in [4.69, 9.17) is 9.88 Å². The Kier molecular flexibility index (Phi) is 4.78. The molecule has 6 nitrogen and oxygen atoms in total. The Bertz CT molecular complexity index is 485. The van der Waals surface area contributed by atoms with Gasteiger partial charge in [0.05, 0.1) is 23.7 Å². The van der Waals surface area contributed by atoms with Crippen LogP contribution in [-0.2, 0) is 14.8 Å². The number of ether oxygens (including phenoxy) is 1. The topological polar surface area (TPSA) is 95.2 Å². The number of primary sulfonamides is 1. The molecule has 2 N–H and O–H groups in total. The summed E-state index contributed by atoms with van der Waals surface area (Å²) in [6.45, 7) is 6.96. The van der Waals surface area contributed by atoms with Crippen LogP contribution in [0.3, 0.4) is 0 Å². The average molecular weight is 273 g/mol. The van der Waals surface area contributed by atoms with Gasteiger partial charge in [-0.3, -0.25) is 9.97 Å². The first-order valence-corrected chi connectivity index (χ1v) is 7.28. The van der Waals surface area contributed by atoms with E-state index in [0.717, 1.165) is 5.69 Å². The quantitative estimate of drug-likeness (QED) is 0.861. The smallest absolute Gasteiger partial charge is 0.214 e. The molecule has 102 valence electrons. The summed E-state index contributed by atoms with van der Waals surface area (Å²) >= 11 is 0. The molecule has 0 bridgehead atoms. The number of nitrogens with zero attached hydrogens (tertiary/aromatic N) is 2. The highest BCUT2D eigenvalue weighted by atomic mass is 32.2. The highest BCUT2D eigenvalue weighted by molar-refractivity contribution is 7.89. The summed E-state index contributed by atoms with van der Waals surface area (Å²) in [7, 11) is -3.70. The summed E-state index contributed by atoms with van der Waals surface area (Å²) in [5.41, 5.74) is 1.22. The average Bonchev–Trinajstić information content (AvgIpc) is 2.25. The second-order valence-electron chi connectivity index (χ2n) is 4.48. The number of hydrogen-bond donors (Lipinski definition) is 1. The van der Waals surface area contributed by atoms with Crippen molar-refractivity contribution in [2.75, 3.05) is 0 Å². The van der Waals surface area contributed by atoms with Gasteiger partial charge < -0.3 is 4.74 Å². The third kappa shape index (κ3) is 4.01. The Morgan fingerprint density at radius 3 is 2.22 bits per heavy atom. The van der Waals surface area contributed by atoms with Crippen molar-refractivity contribution in [3.63, 3.8) is 0 Å². The van der Waals surface area contributed by atoms with Gasteiger partial charge >= 0.3 is 0 Å². The van der Waals surface area contributed by atoms with Crippen LogP contribution in [0.4, 0.5) is 0 Å². The zero-order chi connectivity index (χ0) is 13.9. The van der Waals surface area contributed by atoms with Gasteiger partial charge in [-0.1, -0.05) is 0 Å². The summed E-state index contributed by atoms with van der Waals surface area (Å²) in [5.74, 6) is 0. The van der Waals surface area contributed by atoms with E-state index < -0.39 is 21.4 Å². The Hall–Kier alpha value is -1.05. The standard InChI is InChI=1S/C11H19N3O3S/c1-7(2)17-11(9(4)18(12,15)16)10-6-13-8(3)5-14-10/h5-7,9,11H,1-4H3,(H2,12,15,16)/t9-,11+/m1/s1. The van der Waals surface area contributed by atoms with Crippen LogP contribution in [0.15, 0.2) is 12.4 Å². The predicted octanol–water partition coefficient (Wildman–Crippen LogP) is 0.928. The minimum atomic E-state index is -3.70. The van der Waals surface area contributed by atoms with Crippen molar-refractivity contribution in [1.82, 2.24) is 9.97 Å². The Morgan fingerprint density at radius 2 is 1.83 bits per heavy atom. The second kappa shape index (κ2) is 5.73. The Labute approximate surface area is 108 Å². The van der Waals surface area contributed by atoms with Crippen LogP contribution in [0.25, 0.3) is 0 Å². The molecule has 7 heteroatoms. The molecular weight excluding hydrogens is 254 g/mol. The van der Waals surface area contributed by atoms with Crippen LogP contribution in [0.1, 0.15) is 38.3 Å². The van der Waals surface area contributed by atoms with Crippen molar-refractivity contribution in [2.45, 2.75) is 45.2 Å². The summed E-state index contributed by atoms with van der Waals surface area (Å²) < 4.78 is 28.5. The largest absolute Gasteiger partial charge is 0.368 e. The van der Waals surface area contributed by atoms with Gasteiger partial charge in [0.15, 0.2) is 0 Å². The van der Waals surface area contributed by atoms with E-state index in [9.17, 15) is 8.42 Å². The lowest BCUT2D eigenvalue weighted by atomic mass is 10.2. The van der Waals surface area contributed by atoms with Gasteiger partial charge in [0, 0.05) is 6.20 Å². The molecule has 2 atom stereocenters. The molecule has 0 aromatic carbocycles. The van der Waals surface area contributed by atoms with E-state index >= 15 is 0 Å². The number of hydrogen-bond acceptors (Lipinski definition) is 5. The van der Waals surface area contributed by atoms with E-state index in [2.05, 4.69) is 9.97 Å². The third-order valence-corrected chi connectivity index (χ3v) is 3.74. The van der Waals surface area contributed by atoms with Crippen molar-refractivity contribution in [2.24, 2.45) is 5.14 Å². The predicted molar refractivity (Wildman–Crippen MR) is 68.3 cm³/mol. The van der Waals surface area contributed by atoms with E-state index in [1.165, 1.54) is 13.1 Å². The zero-order valence-corrected chi connectivity index (χ0v) is 11.8. The number of nitrogens with two attached hydrogens (primary N) is 1. The molecule has 0 fully saturated rings. The first-order chi connectivity index (χ1) is 8.21. The first-order valence-electron chi connectivity index (χ1n) is 5.67. The normalized spacial score (nSPS) is 15.7. The molecular formula is C11H19N3O3S. The maximum atomic E-state index is 11.4. The lowest BCUT2D eigenvalue weighted by molar-refractivity contribution is 0.00386. The monoisotopic (exact) mass is 273 g/mol. The van der Waals surface area contributed by atoms with Gasteiger partial charge in [-0.05, 0) is 27.7 Å². The van der Waals surface area contributed by atoms with E-state index in [-0.39, 0.29) is 6.10 Å². The van der Waals surface area contributed by atoms with Crippen molar-refractivity contribution in [3.05, 3.63) is 23.8 Å². The van der Waals surface area contributed by atoms with Gasteiger partial charge in [0.1, 0.15) is 11.4 Å². The SMILES string of the molecule is Cc1cnc([C@@H](OC(C)C)[C@@H](C)S(N)(=O)=O)cn1. The minimum absolute atomic E-state index is 0.137. The van der Waals surface area contributed by atoms with Gasteiger partial charge in [0.25, 0.3) is 0 Å². The fourth-order valence-corrected chi connectivity index (χ4v) is 1.98. The molecule has 0 unspecified atom stereocenters. The lowest BCUT2D eigenvalue weighted by Crippen LogP contribution is -2.34. The molecule has 0 saturated carbocycles. The number of sulfonamides is 1. The van der Waals surface area contributed by atoms with E-state index in [0.29, 0.717) is 5.69 Å². The van der Waals surface area contributed by atoms with E-state index in [1.807, 2.05) is 13.8 Å². The van der Waals surface area contributed by atoms with Crippen molar-refractivity contribution in [3.8, 4) is 0 Å². The molecule has 0 aliphatic heterocycles.